The average molecular weight is 386 g/mol. The molecule has 0 aromatic heterocycles. The van der Waals surface area contributed by atoms with Crippen molar-refractivity contribution in [1.82, 2.24) is 10.2 Å². The van der Waals surface area contributed by atoms with Crippen LogP contribution >= 0.6 is 0 Å². The Hall–Kier alpha value is -2.93. The zero-order valence-electron chi connectivity index (χ0n) is 16.7. The number of nitrogens with zero attached hydrogens (tertiary/aromatic N) is 1. The van der Waals surface area contributed by atoms with Gasteiger partial charge in [-0.2, -0.15) is 0 Å². The summed E-state index contributed by atoms with van der Waals surface area (Å²) < 4.78 is 21.4. The van der Waals surface area contributed by atoms with E-state index in [0.29, 0.717) is 11.5 Å². The van der Waals surface area contributed by atoms with Crippen molar-refractivity contribution in [3.8, 4) is 23.0 Å². The number of carbonyl (C=O) groups excluding carboxylic acids is 1. The van der Waals surface area contributed by atoms with Crippen LogP contribution < -0.4 is 24.3 Å². The molecule has 150 valence electrons. The van der Waals surface area contributed by atoms with Gasteiger partial charge in [0, 0.05) is 26.7 Å². The molecule has 1 N–H and O–H groups in total. The molecule has 1 amide bonds. The zero-order valence-corrected chi connectivity index (χ0v) is 16.7. The van der Waals surface area contributed by atoms with Crippen LogP contribution in [0.2, 0.25) is 0 Å². The number of fused-ring (bicyclic) bond motifs is 1. The summed E-state index contributed by atoms with van der Waals surface area (Å²) in [6, 6.07) is 9.74. The van der Waals surface area contributed by atoms with E-state index in [1.807, 2.05) is 12.1 Å². The van der Waals surface area contributed by atoms with Gasteiger partial charge in [-0.3, -0.25) is 4.90 Å². The number of ether oxygens (including phenoxy) is 4. The lowest BCUT2D eigenvalue weighted by Crippen LogP contribution is -2.30. The lowest BCUT2D eigenvalue weighted by Gasteiger charge is -2.29. The second-order valence-corrected chi connectivity index (χ2v) is 6.56. The van der Waals surface area contributed by atoms with Crippen LogP contribution in [0.3, 0.4) is 0 Å². The molecule has 1 heterocycles. The van der Waals surface area contributed by atoms with Crippen LogP contribution in [0.15, 0.2) is 30.3 Å². The van der Waals surface area contributed by atoms with E-state index >= 15 is 0 Å². The van der Waals surface area contributed by atoms with Gasteiger partial charge in [0.1, 0.15) is 0 Å². The van der Waals surface area contributed by atoms with Crippen LogP contribution in [0.4, 0.5) is 4.79 Å². The fraction of sp³-hybridized carbons (Fsp3) is 0.381. The second-order valence-electron chi connectivity index (χ2n) is 6.56. The number of methoxy groups -OCH3 is 3. The average Bonchev–Trinajstić information content (AvgIpc) is 2.73. The van der Waals surface area contributed by atoms with E-state index in [4.69, 9.17) is 18.9 Å². The minimum absolute atomic E-state index is 0.395. The number of hydrogen-bond acceptors (Lipinski definition) is 6. The van der Waals surface area contributed by atoms with Crippen molar-refractivity contribution in [3.05, 3.63) is 47.0 Å². The van der Waals surface area contributed by atoms with Gasteiger partial charge in [-0.25, -0.2) is 4.79 Å². The molecule has 2 aromatic carbocycles. The topological polar surface area (TPSA) is 69.3 Å². The number of rotatable bonds is 6. The van der Waals surface area contributed by atoms with Crippen LogP contribution in [0, 0.1) is 0 Å². The van der Waals surface area contributed by atoms with Gasteiger partial charge in [0.05, 0.1) is 21.3 Å². The maximum Gasteiger partial charge on any atom is 0.412 e. The molecule has 0 spiro atoms. The summed E-state index contributed by atoms with van der Waals surface area (Å²) in [6.45, 7) is 2.54. The molecule has 7 heteroatoms. The molecule has 2 aromatic rings. The quantitative estimate of drug-likeness (QED) is 0.823. The molecular formula is C21H26N2O5. The normalized spacial score (nSPS) is 13.4. The third-order valence-electron chi connectivity index (χ3n) is 4.84. The molecule has 0 radical (unpaired) electrons. The van der Waals surface area contributed by atoms with E-state index in [1.165, 1.54) is 18.2 Å². The van der Waals surface area contributed by atoms with E-state index in [2.05, 4.69) is 22.3 Å². The number of carbonyl (C=O) groups is 1. The fourth-order valence-electron chi connectivity index (χ4n) is 3.38. The van der Waals surface area contributed by atoms with Crippen LogP contribution in [0.25, 0.3) is 0 Å². The van der Waals surface area contributed by atoms with Crippen molar-refractivity contribution in [2.75, 3.05) is 34.9 Å². The highest BCUT2D eigenvalue weighted by Gasteiger charge is 2.20. The van der Waals surface area contributed by atoms with Gasteiger partial charge in [-0.1, -0.05) is 6.07 Å². The monoisotopic (exact) mass is 386 g/mol. The standard InChI is InChI=1S/C21H26N2O5/c1-22-21(24)28-17-6-5-14(9-18(17)25-2)12-23-8-7-15-10-19(26-3)20(27-4)11-16(15)13-23/h5-6,9-11H,7-8,12-13H2,1-4H3,(H,22,24). The molecule has 0 saturated carbocycles. The minimum Gasteiger partial charge on any atom is -0.493 e. The van der Waals surface area contributed by atoms with Gasteiger partial charge in [-0.05, 0) is 47.4 Å². The highest BCUT2D eigenvalue weighted by atomic mass is 16.6. The first-order chi connectivity index (χ1) is 13.6. The molecular weight excluding hydrogens is 360 g/mol. The van der Waals surface area contributed by atoms with Crippen molar-refractivity contribution in [1.29, 1.82) is 0 Å². The lowest BCUT2D eigenvalue weighted by molar-refractivity contribution is 0.200. The van der Waals surface area contributed by atoms with Gasteiger partial charge in [-0.15, -0.1) is 0 Å². The third-order valence-corrected chi connectivity index (χ3v) is 4.84. The molecule has 0 aliphatic carbocycles. The Morgan fingerprint density at radius 2 is 1.61 bits per heavy atom. The summed E-state index contributed by atoms with van der Waals surface area (Å²) in [5.41, 5.74) is 3.63. The van der Waals surface area contributed by atoms with Gasteiger partial charge >= 0.3 is 6.09 Å². The smallest absolute Gasteiger partial charge is 0.412 e. The van der Waals surface area contributed by atoms with Crippen molar-refractivity contribution in [2.45, 2.75) is 19.5 Å². The number of hydrogen-bond donors (Lipinski definition) is 1. The van der Waals surface area contributed by atoms with Crippen molar-refractivity contribution in [3.63, 3.8) is 0 Å². The maximum atomic E-state index is 11.4. The Kier molecular flexibility index (Phi) is 6.26. The van der Waals surface area contributed by atoms with E-state index in [-0.39, 0.29) is 0 Å². The minimum atomic E-state index is -0.525. The molecule has 0 fully saturated rings. The molecule has 0 unspecified atom stereocenters. The summed E-state index contributed by atoms with van der Waals surface area (Å²) in [7, 11) is 6.39. The Morgan fingerprint density at radius 3 is 2.25 bits per heavy atom. The molecule has 3 rings (SSSR count). The SMILES string of the molecule is CNC(=O)Oc1ccc(CN2CCc3cc(OC)c(OC)cc3C2)cc1OC. The molecule has 0 bridgehead atoms. The largest absolute Gasteiger partial charge is 0.493 e. The number of benzene rings is 2. The Bertz CT molecular complexity index is 853. The second kappa shape index (κ2) is 8.84. The van der Waals surface area contributed by atoms with E-state index in [9.17, 15) is 4.79 Å². The molecule has 1 aliphatic heterocycles. The Labute approximate surface area is 165 Å². The Balaban J connectivity index is 1.74. The summed E-state index contributed by atoms with van der Waals surface area (Å²) in [5, 5.41) is 2.43. The van der Waals surface area contributed by atoms with Crippen molar-refractivity contribution < 1.29 is 23.7 Å². The fourth-order valence-corrected chi connectivity index (χ4v) is 3.38. The number of amides is 1. The van der Waals surface area contributed by atoms with Crippen molar-refractivity contribution >= 4 is 6.09 Å². The Morgan fingerprint density at radius 1 is 0.964 bits per heavy atom. The van der Waals surface area contributed by atoms with E-state index < -0.39 is 6.09 Å². The zero-order chi connectivity index (χ0) is 20.1. The lowest BCUT2D eigenvalue weighted by atomic mass is 9.98. The highest BCUT2D eigenvalue weighted by molar-refractivity contribution is 5.71. The predicted molar refractivity (Wildman–Crippen MR) is 105 cm³/mol. The predicted octanol–water partition coefficient (Wildman–Crippen LogP) is 2.99. The molecule has 7 nitrogen and oxygen atoms in total. The van der Waals surface area contributed by atoms with E-state index in [0.717, 1.165) is 43.1 Å². The first kappa shape index (κ1) is 19.8. The third kappa shape index (κ3) is 4.31. The summed E-state index contributed by atoms with van der Waals surface area (Å²) in [4.78, 5) is 13.8. The van der Waals surface area contributed by atoms with Crippen LogP contribution in [-0.4, -0.2) is 45.9 Å². The highest BCUT2D eigenvalue weighted by Crippen LogP contribution is 2.34. The van der Waals surface area contributed by atoms with E-state index in [1.54, 1.807) is 27.4 Å². The summed E-state index contributed by atoms with van der Waals surface area (Å²) in [5.74, 6) is 2.45. The molecule has 0 atom stereocenters. The molecule has 0 saturated heterocycles. The van der Waals surface area contributed by atoms with Crippen molar-refractivity contribution in [2.24, 2.45) is 0 Å². The van der Waals surface area contributed by atoms with Gasteiger partial charge in [0.15, 0.2) is 23.0 Å². The summed E-state index contributed by atoms with van der Waals surface area (Å²) >= 11 is 0. The van der Waals surface area contributed by atoms with Gasteiger partial charge < -0.3 is 24.3 Å². The van der Waals surface area contributed by atoms with Gasteiger partial charge in [0.2, 0.25) is 0 Å². The van der Waals surface area contributed by atoms with Crippen LogP contribution in [-0.2, 0) is 19.5 Å². The first-order valence-corrected chi connectivity index (χ1v) is 9.10. The first-order valence-electron chi connectivity index (χ1n) is 9.10. The number of nitrogens with one attached hydrogen (secondary N) is 1. The maximum absolute atomic E-state index is 11.4. The molecule has 1 aliphatic rings. The summed E-state index contributed by atoms with van der Waals surface area (Å²) in [6.07, 6.45) is 0.424. The van der Waals surface area contributed by atoms with Crippen LogP contribution in [0.5, 0.6) is 23.0 Å². The molecule has 28 heavy (non-hydrogen) atoms. The van der Waals surface area contributed by atoms with Gasteiger partial charge in [0.25, 0.3) is 0 Å². The van der Waals surface area contributed by atoms with Crippen LogP contribution in [0.1, 0.15) is 16.7 Å².